The fraction of sp³-hybridized carbons (Fsp3) is 0.531. The van der Waals surface area contributed by atoms with Crippen LogP contribution >= 0.6 is 0 Å². The van der Waals surface area contributed by atoms with Crippen molar-refractivity contribution in [3.05, 3.63) is 66.0 Å². The van der Waals surface area contributed by atoms with Gasteiger partial charge in [-0.2, -0.15) is 0 Å². The molecule has 3 heterocycles. The number of amides is 3. The molecule has 3 N–H and O–H groups in total. The van der Waals surface area contributed by atoms with E-state index in [1.54, 1.807) is 51.0 Å². The van der Waals surface area contributed by atoms with Crippen molar-refractivity contribution in [1.82, 2.24) is 34.4 Å². The number of benzene rings is 1. The summed E-state index contributed by atoms with van der Waals surface area (Å²) < 4.78 is 15.2. The molecule has 0 radical (unpaired) electrons. The number of carbonyl (C=O) groups excluding carboxylic acids is 3. The van der Waals surface area contributed by atoms with Gasteiger partial charge < -0.3 is 20.9 Å². The summed E-state index contributed by atoms with van der Waals surface area (Å²) in [6.07, 6.45) is 5.99. The second-order valence-corrected chi connectivity index (χ2v) is 12.8. The molecule has 0 spiro atoms. The molecule has 4 atom stereocenters. The molecule has 1 fully saturated rings. The SMILES string of the molecule is CCN(C)[C@@H](C)C(=O)N[C@H](C(=O)N1C[C@@H](N)C[C@H]1CN(CCc1ccc(F)cc1)C(=O)c1cn2cccnc2n1)C(C)(C)C. The van der Waals surface area contributed by atoms with E-state index in [0.29, 0.717) is 38.3 Å². The fourth-order valence-corrected chi connectivity index (χ4v) is 5.49. The van der Waals surface area contributed by atoms with Crippen molar-refractivity contribution < 1.29 is 18.8 Å². The van der Waals surface area contributed by atoms with Crippen molar-refractivity contribution in [3.8, 4) is 0 Å². The lowest BCUT2D eigenvalue weighted by Gasteiger charge is -2.38. The highest BCUT2D eigenvalue weighted by molar-refractivity contribution is 5.93. The number of halogens is 1. The van der Waals surface area contributed by atoms with E-state index in [4.69, 9.17) is 5.73 Å². The Bertz CT molecular complexity index is 1420. The maximum absolute atomic E-state index is 14.2. The Kier molecular flexibility index (Phi) is 10.4. The van der Waals surface area contributed by atoms with E-state index < -0.39 is 17.5 Å². The van der Waals surface area contributed by atoms with Gasteiger partial charge in [-0.25, -0.2) is 14.4 Å². The second-order valence-electron chi connectivity index (χ2n) is 12.8. The molecule has 238 valence electrons. The maximum atomic E-state index is 14.2. The van der Waals surface area contributed by atoms with Crippen LogP contribution in [0.2, 0.25) is 0 Å². The highest BCUT2D eigenvalue weighted by atomic mass is 19.1. The Labute approximate surface area is 258 Å². The molecule has 1 aliphatic rings. The van der Waals surface area contributed by atoms with Gasteiger partial charge in [-0.1, -0.05) is 39.8 Å². The third-order valence-electron chi connectivity index (χ3n) is 8.43. The number of nitrogens with zero attached hydrogens (tertiary/aromatic N) is 6. The van der Waals surface area contributed by atoms with Crippen LogP contribution < -0.4 is 11.1 Å². The van der Waals surface area contributed by atoms with Crippen molar-refractivity contribution in [1.29, 1.82) is 0 Å². The normalized spacial score (nSPS) is 18.4. The molecule has 44 heavy (non-hydrogen) atoms. The molecule has 1 aromatic carbocycles. The Morgan fingerprint density at radius 3 is 2.55 bits per heavy atom. The summed E-state index contributed by atoms with van der Waals surface area (Å²) in [5.74, 6) is -0.676. The third kappa shape index (κ3) is 7.78. The van der Waals surface area contributed by atoms with Crippen LogP contribution in [-0.2, 0) is 16.0 Å². The van der Waals surface area contributed by atoms with Crippen LogP contribution in [0.4, 0.5) is 4.39 Å². The van der Waals surface area contributed by atoms with Crippen LogP contribution in [0.5, 0.6) is 0 Å². The number of likely N-dealkylation sites (tertiary alicyclic amines) is 1. The zero-order chi connectivity index (χ0) is 32.2. The predicted molar refractivity (Wildman–Crippen MR) is 166 cm³/mol. The molecule has 0 bridgehead atoms. The van der Waals surface area contributed by atoms with E-state index in [1.807, 2.05) is 46.6 Å². The Morgan fingerprint density at radius 2 is 1.91 bits per heavy atom. The summed E-state index contributed by atoms with van der Waals surface area (Å²) in [6.45, 7) is 11.1. The standard InChI is InChI=1S/C32H45FN8O3/c1-7-38(6)21(2)28(42)37-27(32(3,4)5)30(44)41-18-24(34)17-25(41)19-39(16-13-22-9-11-23(33)12-10-22)29(43)26-20-40-15-8-14-35-31(40)36-26/h8-12,14-15,20-21,24-25,27H,7,13,16-19,34H2,1-6H3,(H,37,42)/t21-,24-,25-,27+/m0/s1. The van der Waals surface area contributed by atoms with E-state index in [0.717, 1.165) is 5.56 Å². The minimum atomic E-state index is -0.789. The third-order valence-corrected chi connectivity index (χ3v) is 8.43. The van der Waals surface area contributed by atoms with Gasteiger partial charge in [0.15, 0.2) is 0 Å². The molecule has 12 heteroatoms. The largest absolute Gasteiger partial charge is 0.342 e. The number of fused-ring (bicyclic) bond motifs is 1. The zero-order valence-electron chi connectivity index (χ0n) is 26.5. The lowest BCUT2D eigenvalue weighted by atomic mass is 9.85. The molecule has 11 nitrogen and oxygen atoms in total. The Balaban J connectivity index is 1.59. The molecule has 1 saturated heterocycles. The first-order valence-corrected chi connectivity index (χ1v) is 15.2. The van der Waals surface area contributed by atoms with Crippen LogP contribution in [0.1, 0.15) is 57.1 Å². The van der Waals surface area contributed by atoms with Crippen LogP contribution in [0.15, 0.2) is 48.9 Å². The number of aromatic nitrogens is 3. The van der Waals surface area contributed by atoms with Gasteiger partial charge in [-0.15, -0.1) is 0 Å². The first kappa shape index (κ1) is 33.0. The van der Waals surface area contributed by atoms with Crippen LogP contribution in [-0.4, -0.2) is 104 Å². The van der Waals surface area contributed by atoms with Crippen molar-refractivity contribution in [3.63, 3.8) is 0 Å². The minimum absolute atomic E-state index is 0.223. The minimum Gasteiger partial charge on any atom is -0.342 e. The molecular formula is C32H45FN8O3. The molecule has 4 rings (SSSR count). The average Bonchev–Trinajstić information content (AvgIpc) is 3.59. The van der Waals surface area contributed by atoms with Crippen molar-refractivity contribution in [2.24, 2.45) is 11.1 Å². The fourth-order valence-electron chi connectivity index (χ4n) is 5.49. The van der Waals surface area contributed by atoms with Gasteiger partial charge in [0.05, 0.1) is 12.1 Å². The number of nitrogens with one attached hydrogen (secondary N) is 1. The number of nitrogens with two attached hydrogens (primary N) is 1. The highest BCUT2D eigenvalue weighted by Gasteiger charge is 2.43. The molecule has 3 aromatic rings. The molecule has 3 amide bonds. The van der Waals surface area contributed by atoms with Crippen LogP contribution in [0.3, 0.4) is 0 Å². The summed E-state index contributed by atoms with van der Waals surface area (Å²) >= 11 is 0. The zero-order valence-corrected chi connectivity index (χ0v) is 26.5. The molecular weight excluding hydrogens is 563 g/mol. The van der Waals surface area contributed by atoms with Gasteiger partial charge in [0.1, 0.15) is 17.6 Å². The van der Waals surface area contributed by atoms with Gasteiger partial charge in [-0.3, -0.25) is 23.7 Å². The number of likely N-dealkylation sites (N-methyl/N-ethyl adjacent to an activating group) is 1. The maximum Gasteiger partial charge on any atom is 0.274 e. The van der Waals surface area contributed by atoms with Gasteiger partial charge in [0.2, 0.25) is 17.6 Å². The van der Waals surface area contributed by atoms with Crippen LogP contribution in [0.25, 0.3) is 5.78 Å². The highest BCUT2D eigenvalue weighted by Crippen LogP contribution is 2.27. The number of hydrogen-bond donors (Lipinski definition) is 2. The van der Waals surface area contributed by atoms with Gasteiger partial charge in [0, 0.05) is 44.3 Å². The molecule has 2 aromatic heterocycles. The summed E-state index contributed by atoms with van der Waals surface area (Å²) in [5.41, 5.74) is 6.95. The summed E-state index contributed by atoms with van der Waals surface area (Å²) in [7, 11) is 1.87. The first-order valence-electron chi connectivity index (χ1n) is 15.2. The van der Waals surface area contributed by atoms with E-state index in [1.165, 1.54) is 12.1 Å². The number of imidazole rings is 1. The monoisotopic (exact) mass is 608 g/mol. The Morgan fingerprint density at radius 1 is 1.20 bits per heavy atom. The summed E-state index contributed by atoms with van der Waals surface area (Å²) in [4.78, 5) is 55.2. The number of rotatable bonds is 11. The quantitative estimate of drug-likeness (QED) is 0.342. The predicted octanol–water partition coefficient (Wildman–Crippen LogP) is 2.35. The van der Waals surface area contributed by atoms with E-state index >= 15 is 0 Å². The first-order chi connectivity index (χ1) is 20.8. The van der Waals surface area contributed by atoms with Crippen molar-refractivity contribution in [2.75, 3.05) is 33.2 Å². The van der Waals surface area contributed by atoms with Crippen molar-refractivity contribution in [2.45, 2.75) is 71.6 Å². The van der Waals surface area contributed by atoms with Crippen LogP contribution in [0, 0.1) is 11.2 Å². The van der Waals surface area contributed by atoms with Gasteiger partial charge in [-0.05, 0) is 62.5 Å². The summed E-state index contributed by atoms with van der Waals surface area (Å²) in [6, 6.07) is 6.09. The van der Waals surface area contributed by atoms with E-state index in [-0.39, 0.29) is 47.9 Å². The van der Waals surface area contributed by atoms with E-state index in [2.05, 4.69) is 15.3 Å². The summed E-state index contributed by atoms with van der Waals surface area (Å²) in [5, 5.41) is 3.01. The van der Waals surface area contributed by atoms with E-state index in [9.17, 15) is 18.8 Å². The molecule has 0 unspecified atom stereocenters. The Hall–Kier alpha value is -3.90. The molecule has 0 aliphatic carbocycles. The second kappa shape index (κ2) is 13.8. The smallest absolute Gasteiger partial charge is 0.274 e. The molecule has 1 aliphatic heterocycles. The number of hydrogen-bond acceptors (Lipinski definition) is 7. The average molecular weight is 609 g/mol. The lowest BCUT2D eigenvalue weighted by Crippen LogP contribution is -2.59. The molecule has 0 saturated carbocycles. The lowest BCUT2D eigenvalue weighted by molar-refractivity contribution is -0.141. The topological polar surface area (TPSA) is 129 Å². The van der Waals surface area contributed by atoms with Gasteiger partial charge in [0.25, 0.3) is 5.91 Å². The number of carbonyl (C=O) groups is 3. The van der Waals surface area contributed by atoms with Gasteiger partial charge >= 0.3 is 0 Å². The van der Waals surface area contributed by atoms with Crippen molar-refractivity contribution >= 4 is 23.5 Å².